The lowest BCUT2D eigenvalue weighted by atomic mass is 10.1. The molecule has 0 amide bonds. The lowest BCUT2D eigenvalue weighted by Crippen LogP contribution is -2.09. The van der Waals surface area contributed by atoms with Gasteiger partial charge in [0.2, 0.25) is 5.88 Å². The molecule has 0 aliphatic heterocycles. The molecule has 0 bridgehead atoms. The maximum Gasteiger partial charge on any atom is 0.218 e. The largest absolute Gasteiger partial charge is 0.478 e. The van der Waals surface area contributed by atoms with Crippen LogP contribution in [0.4, 0.5) is 5.82 Å². The first-order valence-corrected chi connectivity index (χ1v) is 7.11. The highest BCUT2D eigenvalue weighted by molar-refractivity contribution is 6.21. The summed E-state index contributed by atoms with van der Waals surface area (Å²) < 4.78 is 5.46. The van der Waals surface area contributed by atoms with Crippen LogP contribution in [0.1, 0.15) is 24.3 Å². The van der Waals surface area contributed by atoms with Gasteiger partial charge >= 0.3 is 0 Å². The molecule has 106 valence electrons. The Morgan fingerprint density at radius 2 is 2.05 bits per heavy atom. The van der Waals surface area contributed by atoms with Gasteiger partial charge in [0.05, 0.1) is 12.0 Å². The van der Waals surface area contributed by atoms with E-state index in [1.807, 2.05) is 30.3 Å². The number of ether oxygens (including phenoxy) is 1. The van der Waals surface area contributed by atoms with Gasteiger partial charge in [-0.15, -0.1) is 11.6 Å². The first kappa shape index (κ1) is 14.6. The van der Waals surface area contributed by atoms with Crippen LogP contribution in [0.15, 0.2) is 42.7 Å². The Morgan fingerprint density at radius 3 is 2.80 bits per heavy atom. The molecule has 0 fully saturated rings. The number of aromatic nitrogens is 2. The predicted molar refractivity (Wildman–Crippen MR) is 81.3 cm³/mol. The van der Waals surface area contributed by atoms with Gasteiger partial charge in [0.15, 0.2) is 0 Å². The van der Waals surface area contributed by atoms with Gasteiger partial charge in [-0.25, -0.2) is 9.97 Å². The Labute approximate surface area is 124 Å². The Bertz CT molecular complexity index is 522. The fraction of sp³-hybridized carbons (Fsp3) is 0.333. The lowest BCUT2D eigenvalue weighted by molar-refractivity contribution is 0.305. The van der Waals surface area contributed by atoms with E-state index in [2.05, 4.69) is 22.2 Å². The van der Waals surface area contributed by atoms with Crippen molar-refractivity contribution in [1.29, 1.82) is 0 Å². The molecule has 1 heterocycles. The molecule has 0 saturated heterocycles. The van der Waals surface area contributed by atoms with Crippen LogP contribution < -0.4 is 10.1 Å². The van der Waals surface area contributed by atoms with Gasteiger partial charge in [-0.2, -0.15) is 0 Å². The van der Waals surface area contributed by atoms with Crippen molar-refractivity contribution in [3.05, 3.63) is 48.3 Å². The Hall–Kier alpha value is -1.81. The zero-order chi connectivity index (χ0) is 14.2. The summed E-state index contributed by atoms with van der Waals surface area (Å²) in [5, 5.41) is 3.09. The molecule has 2 rings (SSSR count). The minimum atomic E-state index is -0.105. The fourth-order valence-electron chi connectivity index (χ4n) is 1.70. The summed E-state index contributed by atoms with van der Waals surface area (Å²) in [6.07, 6.45) is 2.43. The Kier molecular flexibility index (Phi) is 5.62. The molecule has 1 N–H and O–H groups in total. The number of halogens is 1. The third-order valence-electron chi connectivity index (χ3n) is 2.72. The highest BCUT2D eigenvalue weighted by Gasteiger charge is 2.07. The zero-order valence-corrected chi connectivity index (χ0v) is 12.2. The predicted octanol–water partition coefficient (Wildman–Crippen LogP) is 3.66. The highest BCUT2D eigenvalue weighted by Crippen LogP contribution is 2.20. The molecule has 1 unspecified atom stereocenters. The molecule has 1 atom stereocenters. The maximum atomic E-state index is 6.34. The second-order valence-electron chi connectivity index (χ2n) is 4.35. The number of nitrogens with one attached hydrogen (secondary N) is 1. The molecular weight excluding hydrogens is 274 g/mol. The van der Waals surface area contributed by atoms with E-state index in [1.165, 1.54) is 6.33 Å². The van der Waals surface area contributed by atoms with Crippen LogP contribution in [-0.2, 0) is 0 Å². The first-order chi connectivity index (χ1) is 9.79. The van der Waals surface area contributed by atoms with Crippen molar-refractivity contribution >= 4 is 17.4 Å². The summed E-state index contributed by atoms with van der Waals surface area (Å²) in [6, 6.07) is 11.7. The molecule has 20 heavy (non-hydrogen) atoms. The van der Waals surface area contributed by atoms with E-state index < -0.39 is 0 Å². The number of alkyl halides is 1. The number of rotatable bonds is 7. The summed E-state index contributed by atoms with van der Waals surface area (Å²) in [7, 11) is 0. The second-order valence-corrected chi connectivity index (χ2v) is 4.88. The van der Waals surface area contributed by atoms with Gasteiger partial charge in [0.1, 0.15) is 12.1 Å². The standard InChI is InChI=1S/C15H18ClN3O/c1-2-8-20-15-9-14(18-11-19-15)17-10-13(16)12-6-4-3-5-7-12/h3-7,9,11,13H,2,8,10H2,1H3,(H,17,18,19). The summed E-state index contributed by atoms with van der Waals surface area (Å²) in [6.45, 7) is 3.30. The van der Waals surface area contributed by atoms with Gasteiger partial charge in [-0.3, -0.25) is 0 Å². The molecular formula is C15H18ClN3O. The van der Waals surface area contributed by atoms with Gasteiger partial charge in [0, 0.05) is 12.6 Å². The van der Waals surface area contributed by atoms with Crippen LogP contribution in [0.5, 0.6) is 5.88 Å². The van der Waals surface area contributed by atoms with E-state index in [1.54, 1.807) is 6.07 Å². The molecule has 0 aliphatic rings. The van der Waals surface area contributed by atoms with Gasteiger partial charge < -0.3 is 10.1 Å². The van der Waals surface area contributed by atoms with Gasteiger partial charge in [0.25, 0.3) is 0 Å². The molecule has 0 radical (unpaired) electrons. The van der Waals surface area contributed by atoms with Crippen LogP contribution in [0.2, 0.25) is 0 Å². The van der Waals surface area contributed by atoms with Crippen LogP contribution in [0, 0.1) is 0 Å². The van der Waals surface area contributed by atoms with Crippen molar-refractivity contribution in [2.24, 2.45) is 0 Å². The van der Waals surface area contributed by atoms with Crippen LogP contribution in [0.25, 0.3) is 0 Å². The number of benzene rings is 1. The van der Waals surface area contributed by atoms with Crippen molar-refractivity contribution < 1.29 is 4.74 Å². The average Bonchev–Trinajstić information content (AvgIpc) is 2.52. The SMILES string of the molecule is CCCOc1cc(NCC(Cl)c2ccccc2)ncn1. The fourth-order valence-corrected chi connectivity index (χ4v) is 1.92. The molecule has 2 aromatic rings. The molecule has 4 nitrogen and oxygen atoms in total. The van der Waals surface area contributed by atoms with Crippen molar-refractivity contribution in [2.45, 2.75) is 18.7 Å². The molecule has 5 heteroatoms. The summed E-state index contributed by atoms with van der Waals surface area (Å²) in [5.74, 6) is 1.29. The Morgan fingerprint density at radius 1 is 1.25 bits per heavy atom. The Balaban J connectivity index is 1.90. The summed E-state index contributed by atoms with van der Waals surface area (Å²) in [4.78, 5) is 8.21. The third-order valence-corrected chi connectivity index (χ3v) is 3.13. The smallest absolute Gasteiger partial charge is 0.218 e. The van der Waals surface area contributed by atoms with Crippen molar-refractivity contribution in [3.8, 4) is 5.88 Å². The number of hydrogen-bond acceptors (Lipinski definition) is 4. The van der Waals surface area contributed by atoms with E-state index >= 15 is 0 Å². The van der Waals surface area contributed by atoms with E-state index in [9.17, 15) is 0 Å². The third kappa shape index (κ3) is 4.38. The summed E-state index contributed by atoms with van der Waals surface area (Å²) >= 11 is 6.34. The van der Waals surface area contributed by atoms with E-state index in [0.29, 0.717) is 24.8 Å². The first-order valence-electron chi connectivity index (χ1n) is 6.67. The highest BCUT2D eigenvalue weighted by atomic mass is 35.5. The number of nitrogens with zero attached hydrogens (tertiary/aromatic N) is 2. The van der Waals surface area contributed by atoms with Crippen molar-refractivity contribution in [3.63, 3.8) is 0 Å². The number of anilines is 1. The quantitative estimate of drug-likeness (QED) is 0.791. The molecule has 0 spiro atoms. The van der Waals surface area contributed by atoms with E-state index in [0.717, 1.165) is 12.0 Å². The van der Waals surface area contributed by atoms with Gasteiger partial charge in [-0.1, -0.05) is 37.3 Å². The molecule has 0 aliphatic carbocycles. The zero-order valence-electron chi connectivity index (χ0n) is 11.4. The van der Waals surface area contributed by atoms with Crippen LogP contribution in [-0.4, -0.2) is 23.1 Å². The summed E-state index contributed by atoms with van der Waals surface area (Å²) in [5.41, 5.74) is 1.08. The maximum absolute atomic E-state index is 6.34. The van der Waals surface area contributed by atoms with E-state index in [4.69, 9.17) is 16.3 Å². The van der Waals surface area contributed by atoms with Crippen LogP contribution in [0.3, 0.4) is 0 Å². The minimum Gasteiger partial charge on any atom is -0.478 e. The van der Waals surface area contributed by atoms with Crippen molar-refractivity contribution in [2.75, 3.05) is 18.5 Å². The monoisotopic (exact) mass is 291 g/mol. The topological polar surface area (TPSA) is 47.0 Å². The molecule has 1 aromatic carbocycles. The number of hydrogen-bond donors (Lipinski definition) is 1. The van der Waals surface area contributed by atoms with E-state index in [-0.39, 0.29) is 5.38 Å². The van der Waals surface area contributed by atoms with Gasteiger partial charge in [-0.05, 0) is 12.0 Å². The average molecular weight is 292 g/mol. The van der Waals surface area contributed by atoms with Crippen molar-refractivity contribution in [1.82, 2.24) is 9.97 Å². The normalized spacial score (nSPS) is 11.9. The molecule has 0 saturated carbocycles. The second kappa shape index (κ2) is 7.70. The lowest BCUT2D eigenvalue weighted by Gasteiger charge is -2.12. The molecule has 1 aromatic heterocycles. The van der Waals surface area contributed by atoms with Crippen LogP contribution >= 0.6 is 11.6 Å². The minimum absolute atomic E-state index is 0.105.